The predicted molar refractivity (Wildman–Crippen MR) is 37.3 cm³/mol. The van der Waals surface area contributed by atoms with Gasteiger partial charge in [-0.1, -0.05) is 0 Å². The van der Waals surface area contributed by atoms with Crippen LogP contribution in [0.3, 0.4) is 0 Å². The molecule has 0 saturated heterocycles. The zero-order valence-corrected chi connectivity index (χ0v) is 6.17. The van der Waals surface area contributed by atoms with Gasteiger partial charge >= 0.3 is 0 Å². The van der Waals surface area contributed by atoms with Crippen molar-refractivity contribution in [2.75, 3.05) is 20.7 Å². The smallest absolute Gasteiger partial charge is 0.0460 e. The van der Waals surface area contributed by atoms with Crippen molar-refractivity contribution in [1.82, 2.24) is 4.90 Å². The summed E-state index contributed by atoms with van der Waals surface area (Å²) in [6.07, 6.45) is 2.37. The van der Waals surface area contributed by atoms with Crippen LogP contribution in [0, 0.1) is 5.92 Å². The van der Waals surface area contributed by atoms with E-state index in [2.05, 4.69) is 19.0 Å². The molecule has 1 fully saturated rings. The Balaban J connectivity index is 2.12. The van der Waals surface area contributed by atoms with E-state index >= 15 is 0 Å². The van der Waals surface area contributed by atoms with Gasteiger partial charge in [0, 0.05) is 12.6 Å². The standard InChI is InChI=1S/C7H15NO/c1-8(2)7-3-6(4-7)5-9/h6-7,9H,3-5H2,1-2H3. The second kappa shape index (κ2) is 2.67. The Hall–Kier alpha value is -0.0800. The summed E-state index contributed by atoms with van der Waals surface area (Å²) in [7, 11) is 4.19. The molecule has 0 radical (unpaired) electrons. The SMILES string of the molecule is CN(C)C1CC(CO)C1. The minimum Gasteiger partial charge on any atom is -0.396 e. The van der Waals surface area contributed by atoms with Gasteiger partial charge < -0.3 is 10.0 Å². The zero-order valence-electron chi connectivity index (χ0n) is 6.17. The molecule has 0 aromatic heterocycles. The zero-order chi connectivity index (χ0) is 6.85. The van der Waals surface area contributed by atoms with Crippen molar-refractivity contribution in [1.29, 1.82) is 0 Å². The maximum atomic E-state index is 8.67. The molecule has 0 heterocycles. The van der Waals surface area contributed by atoms with Crippen LogP contribution in [0.25, 0.3) is 0 Å². The third-order valence-electron chi connectivity index (χ3n) is 2.20. The summed E-state index contributed by atoms with van der Waals surface area (Å²) in [5.74, 6) is 0.595. The molecule has 1 rings (SSSR count). The molecule has 0 unspecified atom stereocenters. The number of aliphatic hydroxyl groups excluding tert-OH is 1. The molecule has 1 saturated carbocycles. The van der Waals surface area contributed by atoms with Crippen LogP contribution in [0.1, 0.15) is 12.8 Å². The molecule has 9 heavy (non-hydrogen) atoms. The fraction of sp³-hybridized carbons (Fsp3) is 1.00. The van der Waals surface area contributed by atoms with Crippen molar-refractivity contribution >= 4 is 0 Å². The lowest BCUT2D eigenvalue weighted by molar-refractivity contribution is 0.0745. The first-order valence-corrected chi connectivity index (χ1v) is 3.51. The van der Waals surface area contributed by atoms with E-state index < -0.39 is 0 Å². The summed E-state index contributed by atoms with van der Waals surface area (Å²) in [4.78, 5) is 2.23. The van der Waals surface area contributed by atoms with Crippen LogP contribution >= 0.6 is 0 Å². The van der Waals surface area contributed by atoms with E-state index in [0.717, 1.165) is 6.04 Å². The minimum absolute atomic E-state index is 0.379. The monoisotopic (exact) mass is 129 g/mol. The van der Waals surface area contributed by atoms with E-state index in [4.69, 9.17) is 5.11 Å². The first-order chi connectivity index (χ1) is 4.24. The summed E-state index contributed by atoms with van der Waals surface area (Å²) in [5.41, 5.74) is 0. The van der Waals surface area contributed by atoms with Crippen molar-refractivity contribution in [2.45, 2.75) is 18.9 Å². The maximum absolute atomic E-state index is 8.67. The van der Waals surface area contributed by atoms with Gasteiger partial charge in [0.2, 0.25) is 0 Å². The maximum Gasteiger partial charge on any atom is 0.0460 e. The van der Waals surface area contributed by atoms with Crippen LogP contribution in [0.2, 0.25) is 0 Å². The van der Waals surface area contributed by atoms with Gasteiger partial charge in [0.1, 0.15) is 0 Å². The van der Waals surface area contributed by atoms with Gasteiger partial charge in [-0.15, -0.1) is 0 Å². The molecule has 54 valence electrons. The molecule has 0 atom stereocenters. The third kappa shape index (κ3) is 1.43. The lowest BCUT2D eigenvalue weighted by atomic mass is 9.80. The number of hydrogen-bond acceptors (Lipinski definition) is 2. The molecule has 0 bridgehead atoms. The Morgan fingerprint density at radius 3 is 2.33 bits per heavy atom. The lowest BCUT2D eigenvalue weighted by Crippen LogP contribution is -2.41. The first-order valence-electron chi connectivity index (χ1n) is 3.51. The molecule has 0 aromatic carbocycles. The van der Waals surface area contributed by atoms with Crippen molar-refractivity contribution in [2.24, 2.45) is 5.92 Å². The van der Waals surface area contributed by atoms with E-state index in [0.29, 0.717) is 12.5 Å². The summed E-state index contributed by atoms with van der Waals surface area (Å²) >= 11 is 0. The number of hydrogen-bond donors (Lipinski definition) is 1. The number of rotatable bonds is 2. The highest BCUT2D eigenvalue weighted by molar-refractivity contribution is 4.83. The highest BCUT2D eigenvalue weighted by Crippen LogP contribution is 2.29. The van der Waals surface area contributed by atoms with Crippen LogP contribution in [-0.4, -0.2) is 36.8 Å². The van der Waals surface area contributed by atoms with E-state index in [1.54, 1.807) is 0 Å². The molecule has 1 aliphatic rings. The summed E-state index contributed by atoms with van der Waals surface area (Å²) in [5, 5.41) is 8.67. The molecule has 2 heteroatoms. The van der Waals surface area contributed by atoms with Crippen LogP contribution < -0.4 is 0 Å². The Kier molecular flexibility index (Phi) is 2.09. The average molecular weight is 129 g/mol. The average Bonchev–Trinajstić information content (AvgIpc) is 1.61. The molecule has 0 aliphatic heterocycles. The van der Waals surface area contributed by atoms with Crippen molar-refractivity contribution < 1.29 is 5.11 Å². The van der Waals surface area contributed by atoms with Crippen molar-refractivity contribution in [3.05, 3.63) is 0 Å². The molecule has 2 nitrogen and oxygen atoms in total. The van der Waals surface area contributed by atoms with Gasteiger partial charge in [-0.3, -0.25) is 0 Å². The second-order valence-electron chi connectivity index (χ2n) is 3.14. The summed E-state index contributed by atoms with van der Waals surface area (Å²) in [6.45, 7) is 0.379. The van der Waals surface area contributed by atoms with E-state index in [-0.39, 0.29) is 0 Å². The molecule has 0 amide bonds. The van der Waals surface area contributed by atoms with E-state index in [9.17, 15) is 0 Å². The topological polar surface area (TPSA) is 23.5 Å². The van der Waals surface area contributed by atoms with Crippen LogP contribution in [-0.2, 0) is 0 Å². The largest absolute Gasteiger partial charge is 0.396 e. The van der Waals surface area contributed by atoms with E-state index in [1.165, 1.54) is 12.8 Å². The fourth-order valence-electron chi connectivity index (χ4n) is 1.27. The van der Waals surface area contributed by atoms with Gasteiger partial charge in [0.15, 0.2) is 0 Å². The molecule has 1 aliphatic carbocycles. The van der Waals surface area contributed by atoms with Gasteiger partial charge in [-0.25, -0.2) is 0 Å². The van der Waals surface area contributed by atoms with Crippen LogP contribution in [0.5, 0.6) is 0 Å². The molecular formula is C7H15NO. The Morgan fingerprint density at radius 1 is 1.44 bits per heavy atom. The highest BCUT2D eigenvalue weighted by atomic mass is 16.3. The Morgan fingerprint density at radius 2 is 2.00 bits per heavy atom. The quantitative estimate of drug-likeness (QED) is 0.580. The summed E-state index contributed by atoms with van der Waals surface area (Å²) < 4.78 is 0. The van der Waals surface area contributed by atoms with Gasteiger partial charge in [0.05, 0.1) is 0 Å². The number of aliphatic hydroxyl groups is 1. The van der Waals surface area contributed by atoms with Gasteiger partial charge in [-0.2, -0.15) is 0 Å². The second-order valence-corrected chi connectivity index (χ2v) is 3.14. The fourth-order valence-corrected chi connectivity index (χ4v) is 1.27. The first kappa shape index (κ1) is 7.03. The van der Waals surface area contributed by atoms with Crippen LogP contribution in [0.4, 0.5) is 0 Å². The molecule has 0 aromatic rings. The molecular weight excluding hydrogens is 114 g/mol. The summed E-state index contributed by atoms with van der Waals surface area (Å²) in [6, 6.07) is 0.738. The normalized spacial score (nSPS) is 34.7. The van der Waals surface area contributed by atoms with Crippen LogP contribution in [0.15, 0.2) is 0 Å². The Labute approximate surface area is 56.5 Å². The number of nitrogens with zero attached hydrogens (tertiary/aromatic N) is 1. The Bertz CT molecular complexity index is 86.9. The van der Waals surface area contributed by atoms with Gasteiger partial charge in [0.25, 0.3) is 0 Å². The minimum atomic E-state index is 0.379. The van der Waals surface area contributed by atoms with Crippen molar-refractivity contribution in [3.63, 3.8) is 0 Å². The van der Waals surface area contributed by atoms with E-state index in [1.807, 2.05) is 0 Å². The lowest BCUT2D eigenvalue weighted by Gasteiger charge is -2.38. The van der Waals surface area contributed by atoms with Crippen molar-refractivity contribution in [3.8, 4) is 0 Å². The predicted octanol–water partition coefficient (Wildman–Crippen LogP) is 0.319. The van der Waals surface area contributed by atoms with Gasteiger partial charge in [-0.05, 0) is 32.9 Å². The highest BCUT2D eigenvalue weighted by Gasteiger charge is 2.29. The molecule has 0 spiro atoms. The third-order valence-corrected chi connectivity index (χ3v) is 2.20. The molecule has 1 N–H and O–H groups in total.